The highest BCUT2D eigenvalue weighted by molar-refractivity contribution is 5.74. The van der Waals surface area contributed by atoms with Gasteiger partial charge in [-0.2, -0.15) is 0 Å². The zero-order valence-electron chi connectivity index (χ0n) is 10.1. The van der Waals surface area contributed by atoms with Crippen molar-refractivity contribution in [3.8, 4) is 0 Å². The van der Waals surface area contributed by atoms with Crippen LogP contribution >= 0.6 is 0 Å². The van der Waals surface area contributed by atoms with Crippen molar-refractivity contribution in [2.75, 3.05) is 5.73 Å². The van der Waals surface area contributed by atoms with Crippen LogP contribution in [-0.4, -0.2) is 20.1 Å². The van der Waals surface area contributed by atoms with Crippen LogP contribution < -0.4 is 5.73 Å². The Kier molecular flexibility index (Phi) is 2.81. The fourth-order valence-corrected chi connectivity index (χ4v) is 1.99. The summed E-state index contributed by atoms with van der Waals surface area (Å²) in [6.45, 7) is 0. The van der Waals surface area contributed by atoms with E-state index < -0.39 is 6.10 Å². The van der Waals surface area contributed by atoms with Gasteiger partial charge in [-0.1, -0.05) is 12.1 Å². The second-order valence-electron chi connectivity index (χ2n) is 4.18. The summed E-state index contributed by atoms with van der Waals surface area (Å²) < 4.78 is 0. The maximum Gasteiger partial charge on any atom is 0.129 e. The molecule has 0 saturated heterocycles. The predicted octanol–water partition coefficient (Wildman–Crippen LogP) is 1.69. The van der Waals surface area contributed by atoms with E-state index >= 15 is 0 Å². The molecule has 94 valence electrons. The zero-order valence-corrected chi connectivity index (χ0v) is 10.1. The normalized spacial score (nSPS) is 12.5. The van der Waals surface area contributed by atoms with E-state index in [4.69, 9.17) is 5.73 Å². The molecule has 2 heterocycles. The minimum Gasteiger partial charge on any atom is -0.384 e. The summed E-state index contributed by atoms with van der Waals surface area (Å²) in [5.41, 5.74) is 8.60. The number of rotatable bonds is 2. The van der Waals surface area contributed by atoms with Crippen molar-refractivity contribution < 1.29 is 5.11 Å². The molecule has 0 aliphatic rings. The number of anilines is 1. The minimum absolute atomic E-state index is 0.328. The number of nitrogen functional groups attached to an aromatic ring is 1. The van der Waals surface area contributed by atoms with Gasteiger partial charge in [-0.05, 0) is 23.8 Å². The fraction of sp³-hybridized carbons (Fsp3) is 0.0714. The topological polar surface area (TPSA) is 84.9 Å². The van der Waals surface area contributed by atoms with Crippen LogP contribution in [-0.2, 0) is 0 Å². The van der Waals surface area contributed by atoms with Crippen LogP contribution in [0, 0.1) is 0 Å². The second-order valence-corrected chi connectivity index (χ2v) is 4.18. The lowest BCUT2D eigenvalue weighted by atomic mass is 10.0. The highest BCUT2D eigenvalue weighted by Gasteiger charge is 2.14. The Labute approximate surface area is 109 Å². The first-order chi connectivity index (χ1) is 9.25. The first kappa shape index (κ1) is 11.6. The summed E-state index contributed by atoms with van der Waals surface area (Å²) in [6, 6.07) is 8.95. The van der Waals surface area contributed by atoms with Gasteiger partial charge in [0.1, 0.15) is 11.9 Å². The third kappa shape index (κ3) is 2.11. The number of hydrogen-bond acceptors (Lipinski definition) is 5. The number of nitrogens with two attached hydrogens (primary N) is 1. The average Bonchev–Trinajstić information content (AvgIpc) is 2.46. The Morgan fingerprint density at radius 3 is 2.53 bits per heavy atom. The fourth-order valence-electron chi connectivity index (χ4n) is 1.99. The van der Waals surface area contributed by atoms with Gasteiger partial charge in [-0.3, -0.25) is 9.97 Å². The molecule has 3 rings (SSSR count). The molecule has 0 spiro atoms. The molecule has 5 heteroatoms. The number of aliphatic hydroxyl groups excluding tert-OH is 1. The lowest BCUT2D eigenvalue weighted by Crippen LogP contribution is -2.05. The number of aliphatic hydroxyl groups is 1. The van der Waals surface area contributed by atoms with Gasteiger partial charge in [0, 0.05) is 24.2 Å². The van der Waals surface area contributed by atoms with Gasteiger partial charge in [0.05, 0.1) is 11.0 Å². The largest absolute Gasteiger partial charge is 0.384 e. The van der Waals surface area contributed by atoms with Crippen molar-refractivity contribution in [2.45, 2.75) is 6.10 Å². The number of aromatic nitrogens is 3. The van der Waals surface area contributed by atoms with Crippen molar-refractivity contribution in [2.24, 2.45) is 0 Å². The van der Waals surface area contributed by atoms with Gasteiger partial charge in [-0.25, -0.2) is 4.98 Å². The van der Waals surface area contributed by atoms with Crippen LogP contribution in [0.1, 0.15) is 17.2 Å². The van der Waals surface area contributed by atoms with E-state index in [1.54, 1.807) is 36.8 Å². The molecule has 0 fully saturated rings. The number of nitrogens with zero attached hydrogens (tertiary/aromatic N) is 3. The molecule has 0 amide bonds. The highest BCUT2D eigenvalue weighted by atomic mass is 16.3. The average molecular weight is 252 g/mol. The lowest BCUT2D eigenvalue weighted by Gasteiger charge is -2.13. The van der Waals surface area contributed by atoms with Gasteiger partial charge >= 0.3 is 0 Å². The molecule has 3 N–H and O–H groups in total. The number of pyridine rings is 1. The van der Waals surface area contributed by atoms with E-state index in [2.05, 4.69) is 15.0 Å². The SMILES string of the molecule is Nc1ncccc1C(O)c1ccc2nccnc2c1. The van der Waals surface area contributed by atoms with E-state index in [-0.39, 0.29) is 0 Å². The highest BCUT2D eigenvalue weighted by Crippen LogP contribution is 2.26. The lowest BCUT2D eigenvalue weighted by molar-refractivity contribution is 0.221. The maximum atomic E-state index is 10.4. The van der Waals surface area contributed by atoms with Crippen LogP contribution in [0.2, 0.25) is 0 Å². The van der Waals surface area contributed by atoms with Gasteiger partial charge in [-0.15, -0.1) is 0 Å². The third-order valence-electron chi connectivity index (χ3n) is 2.97. The number of fused-ring (bicyclic) bond motifs is 1. The molecule has 0 aliphatic carbocycles. The van der Waals surface area contributed by atoms with E-state index in [1.165, 1.54) is 0 Å². The van der Waals surface area contributed by atoms with Crippen LogP contribution in [0.5, 0.6) is 0 Å². The quantitative estimate of drug-likeness (QED) is 0.725. The molecule has 1 unspecified atom stereocenters. The van der Waals surface area contributed by atoms with E-state index in [0.717, 1.165) is 11.0 Å². The molecule has 5 nitrogen and oxygen atoms in total. The van der Waals surface area contributed by atoms with Crippen molar-refractivity contribution in [3.63, 3.8) is 0 Å². The Balaban J connectivity index is 2.07. The summed E-state index contributed by atoms with van der Waals surface area (Å²) in [4.78, 5) is 12.4. The molecule has 2 aromatic heterocycles. The molecule has 1 atom stereocenters. The van der Waals surface area contributed by atoms with Crippen LogP contribution in [0.15, 0.2) is 48.9 Å². The Hall–Kier alpha value is -2.53. The number of hydrogen-bond donors (Lipinski definition) is 2. The van der Waals surface area contributed by atoms with Crippen molar-refractivity contribution >= 4 is 16.9 Å². The van der Waals surface area contributed by atoms with E-state index in [1.807, 2.05) is 12.1 Å². The predicted molar refractivity (Wildman–Crippen MR) is 72.2 cm³/mol. The maximum absolute atomic E-state index is 10.4. The number of benzene rings is 1. The van der Waals surface area contributed by atoms with E-state index in [9.17, 15) is 5.11 Å². The molecule has 0 saturated carbocycles. The molecular weight excluding hydrogens is 240 g/mol. The van der Waals surface area contributed by atoms with Crippen LogP contribution in [0.3, 0.4) is 0 Å². The second kappa shape index (κ2) is 4.62. The molecule has 0 bridgehead atoms. The van der Waals surface area contributed by atoms with Crippen LogP contribution in [0.25, 0.3) is 11.0 Å². The van der Waals surface area contributed by atoms with Gasteiger partial charge < -0.3 is 10.8 Å². The van der Waals surface area contributed by atoms with Crippen molar-refractivity contribution in [1.82, 2.24) is 15.0 Å². The molecule has 1 aromatic carbocycles. The summed E-state index contributed by atoms with van der Waals surface area (Å²) in [5.74, 6) is 0.328. The Morgan fingerprint density at radius 1 is 0.947 bits per heavy atom. The summed E-state index contributed by atoms with van der Waals surface area (Å²) in [7, 11) is 0. The molecule has 19 heavy (non-hydrogen) atoms. The minimum atomic E-state index is -0.819. The van der Waals surface area contributed by atoms with Crippen molar-refractivity contribution in [1.29, 1.82) is 0 Å². The van der Waals surface area contributed by atoms with E-state index in [0.29, 0.717) is 16.9 Å². The van der Waals surface area contributed by atoms with Gasteiger partial charge in [0.15, 0.2) is 0 Å². The summed E-state index contributed by atoms with van der Waals surface area (Å²) >= 11 is 0. The zero-order chi connectivity index (χ0) is 13.2. The standard InChI is InChI=1S/C14H12N4O/c15-14-10(2-1-5-18-14)13(19)9-3-4-11-12(8-9)17-7-6-16-11/h1-8,13,19H,(H2,15,18). The van der Waals surface area contributed by atoms with Crippen LogP contribution in [0.4, 0.5) is 5.82 Å². The smallest absolute Gasteiger partial charge is 0.129 e. The van der Waals surface area contributed by atoms with Gasteiger partial charge in [0.2, 0.25) is 0 Å². The molecule has 3 aromatic rings. The Bertz CT molecular complexity index is 729. The van der Waals surface area contributed by atoms with Crippen molar-refractivity contribution in [3.05, 3.63) is 60.0 Å². The first-order valence-electron chi connectivity index (χ1n) is 5.85. The third-order valence-corrected chi connectivity index (χ3v) is 2.97. The van der Waals surface area contributed by atoms with Gasteiger partial charge in [0.25, 0.3) is 0 Å². The summed E-state index contributed by atoms with van der Waals surface area (Å²) in [6.07, 6.45) is 4.03. The molecule has 0 radical (unpaired) electrons. The molecular formula is C14H12N4O. The molecule has 0 aliphatic heterocycles. The summed E-state index contributed by atoms with van der Waals surface area (Å²) in [5, 5.41) is 10.4. The first-order valence-corrected chi connectivity index (χ1v) is 5.85. The Morgan fingerprint density at radius 2 is 1.74 bits per heavy atom. The monoisotopic (exact) mass is 252 g/mol.